The lowest BCUT2D eigenvalue weighted by atomic mass is 10.2. The lowest BCUT2D eigenvalue weighted by molar-refractivity contribution is -0.127. The van der Waals surface area contributed by atoms with E-state index in [1.165, 1.54) is 0 Å². The van der Waals surface area contributed by atoms with Crippen LogP contribution in [0.5, 0.6) is 0 Å². The molecule has 0 spiro atoms. The highest BCUT2D eigenvalue weighted by Crippen LogP contribution is 2.39. The number of ether oxygens (including phenoxy) is 1. The van der Waals surface area contributed by atoms with Gasteiger partial charge in [-0.3, -0.25) is 14.5 Å². The predicted molar refractivity (Wildman–Crippen MR) is 73.0 cm³/mol. The average Bonchev–Trinajstić information content (AvgIpc) is 3.33. The molecule has 6 heteroatoms. The summed E-state index contributed by atoms with van der Waals surface area (Å²) in [6.07, 6.45) is 2.89. The second kappa shape index (κ2) is 6.10. The van der Waals surface area contributed by atoms with Gasteiger partial charge < -0.3 is 15.4 Å². The maximum atomic E-state index is 11.9. The molecule has 2 saturated carbocycles. The van der Waals surface area contributed by atoms with Crippen LogP contribution in [0.25, 0.3) is 0 Å². The van der Waals surface area contributed by atoms with Gasteiger partial charge in [0.15, 0.2) is 0 Å². The summed E-state index contributed by atoms with van der Waals surface area (Å²) < 4.78 is 5.28. The van der Waals surface area contributed by atoms with Gasteiger partial charge in [0, 0.05) is 32.2 Å². The first-order valence-electron chi connectivity index (χ1n) is 7.62. The van der Waals surface area contributed by atoms with Crippen molar-refractivity contribution < 1.29 is 14.3 Å². The van der Waals surface area contributed by atoms with Gasteiger partial charge in [0.2, 0.25) is 11.8 Å². The van der Waals surface area contributed by atoms with Crippen LogP contribution in [0.1, 0.15) is 19.3 Å². The van der Waals surface area contributed by atoms with Gasteiger partial charge in [-0.2, -0.15) is 0 Å². The summed E-state index contributed by atoms with van der Waals surface area (Å²) in [6.45, 7) is 4.95. The molecule has 2 N–H and O–H groups in total. The molecule has 3 aliphatic rings. The van der Waals surface area contributed by atoms with Crippen LogP contribution in [0, 0.1) is 11.8 Å². The SMILES string of the molecule is O=C(NCCN1CCOCC1)C1CC1C(=O)NC1CC1. The fourth-order valence-electron chi connectivity index (χ4n) is 2.60. The predicted octanol–water partition coefficient (Wildman–Crippen LogP) is -0.650. The fraction of sp³-hybridized carbons (Fsp3) is 0.857. The van der Waals surface area contributed by atoms with E-state index in [0.29, 0.717) is 19.0 Å². The molecular weight excluding hydrogens is 258 g/mol. The van der Waals surface area contributed by atoms with Crippen molar-refractivity contribution in [3.8, 4) is 0 Å². The Bertz CT molecular complexity index is 378. The van der Waals surface area contributed by atoms with Crippen LogP contribution in [0.2, 0.25) is 0 Å². The van der Waals surface area contributed by atoms with E-state index in [-0.39, 0.29) is 23.7 Å². The summed E-state index contributed by atoms with van der Waals surface area (Å²) in [5.74, 6) is -0.0764. The first-order valence-corrected chi connectivity index (χ1v) is 7.62. The Morgan fingerprint density at radius 2 is 1.80 bits per heavy atom. The minimum Gasteiger partial charge on any atom is -0.379 e. The summed E-state index contributed by atoms with van der Waals surface area (Å²) in [6, 6.07) is 0.383. The number of rotatable bonds is 6. The highest BCUT2D eigenvalue weighted by Gasteiger charge is 2.48. The number of amides is 2. The van der Waals surface area contributed by atoms with E-state index in [1.807, 2.05) is 0 Å². The number of carbonyl (C=O) groups excluding carboxylic acids is 2. The third-order valence-corrected chi connectivity index (χ3v) is 4.22. The molecule has 0 aromatic heterocycles. The lowest BCUT2D eigenvalue weighted by Gasteiger charge is -2.26. The Morgan fingerprint density at radius 3 is 2.50 bits per heavy atom. The zero-order valence-electron chi connectivity index (χ0n) is 11.8. The van der Waals surface area contributed by atoms with Gasteiger partial charge in [-0.1, -0.05) is 0 Å². The second-order valence-electron chi connectivity index (χ2n) is 5.98. The van der Waals surface area contributed by atoms with Crippen LogP contribution in [-0.2, 0) is 14.3 Å². The number of hydrogen-bond donors (Lipinski definition) is 2. The molecule has 1 saturated heterocycles. The molecule has 0 aromatic carbocycles. The standard InChI is InChI=1S/C14H23N3O3/c18-13(15-3-4-17-5-7-20-8-6-17)11-9-12(11)14(19)16-10-1-2-10/h10-12H,1-9H2,(H,15,18)(H,16,19). The highest BCUT2D eigenvalue weighted by atomic mass is 16.5. The van der Waals surface area contributed by atoms with Crippen LogP contribution < -0.4 is 10.6 Å². The molecule has 1 heterocycles. The zero-order chi connectivity index (χ0) is 13.9. The van der Waals surface area contributed by atoms with Crippen LogP contribution in [-0.4, -0.2) is 62.1 Å². The van der Waals surface area contributed by atoms with Crippen molar-refractivity contribution in [3.05, 3.63) is 0 Å². The van der Waals surface area contributed by atoms with Gasteiger partial charge in [-0.25, -0.2) is 0 Å². The quantitative estimate of drug-likeness (QED) is 0.679. The van der Waals surface area contributed by atoms with Crippen LogP contribution >= 0.6 is 0 Å². The zero-order valence-corrected chi connectivity index (χ0v) is 11.8. The molecule has 3 rings (SSSR count). The molecule has 2 amide bonds. The molecule has 2 atom stereocenters. The van der Waals surface area contributed by atoms with Crippen molar-refractivity contribution in [2.45, 2.75) is 25.3 Å². The Hall–Kier alpha value is -1.14. The van der Waals surface area contributed by atoms with E-state index in [9.17, 15) is 9.59 Å². The topological polar surface area (TPSA) is 70.7 Å². The van der Waals surface area contributed by atoms with Crippen molar-refractivity contribution in [1.82, 2.24) is 15.5 Å². The Kier molecular flexibility index (Phi) is 4.21. The number of hydrogen-bond acceptors (Lipinski definition) is 4. The van der Waals surface area contributed by atoms with E-state index < -0.39 is 0 Å². The smallest absolute Gasteiger partial charge is 0.224 e. The number of morpholine rings is 1. The maximum Gasteiger partial charge on any atom is 0.224 e. The van der Waals surface area contributed by atoms with Gasteiger partial charge in [0.05, 0.1) is 25.0 Å². The van der Waals surface area contributed by atoms with Crippen molar-refractivity contribution in [2.24, 2.45) is 11.8 Å². The molecule has 112 valence electrons. The molecule has 2 unspecified atom stereocenters. The van der Waals surface area contributed by atoms with E-state index in [4.69, 9.17) is 4.74 Å². The van der Waals surface area contributed by atoms with Gasteiger partial charge in [-0.05, 0) is 19.3 Å². The van der Waals surface area contributed by atoms with E-state index >= 15 is 0 Å². The second-order valence-corrected chi connectivity index (χ2v) is 5.98. The molecule has 1 aliphatic heterocycles. The number of nitrogens with zero attached hydrogens (tertiary/aromatic N) is 1. The monoisotopic (exact) mass is 281 g/mol. The number of nitrogens with one attached hydrogen (secondary N) is 2. The Balaban J connectivity index is 1.30. The largest absolute Gasteiger partial charge is 0.379 e. The van der Waals surface area contributed by atoms with Crippen molar-refractivity contribution in [2.75, 3.05) is 39.4 Å². The molecule has 3 fully saturated rings. The molecule has 6 nitrogen and oxygen atoms in total. The molecule has 0 bridgehead atoms. The van der Waals surface area contributed by atoms with E-state index in [2.05, 4.69) is 15.5 Å². The van der Waals surface area contributed by atoms with E-state index in [1.54, 1.807) is 0 Å². The van der Waals surface area contributed by atoms with Crippen molar-refractivity contribution >= 4 is 11.8 Å². The van der Waals surface area contributed by atoms with Crippen molar-refractivity contribution in [1.29, 1.82) is 0 Å². The minimum absolute atomic E-state index is 0.0363. The summed E-state index contributed by atoms with van der Waals surface area (Å²) in [4.78, 5) is 26.0. The van der Waals surface area contributed by atoms with E-state index in [0.717, 1.165) is 45.7 Å². The average molecular weight is 281 g/mol. The normalized spacial score (nSPS) is 29.8. The molecule has 0 aromatic rings. The maximum absolute atomic E-state index is 11.9. The molecule has 20 heavy (non-hydrogen) atoms. The van der Waals surface area contributed by atoms with Gasteiger partial charge in [0.1, 0.15) is 0 Å². The van der Waals surface area contributed by atoms with Gasteiger partial charge in [0.25, 0.3) is 0 Å². The summed E-state index contributed by atoms with van der Waals surface area (Å²) in [7, 11) is 0. The lowest BCUT2D eigenvalue weighted by Crippen LogP contribution is -2.41. The van der Waals surface area contributed by atoms with Crippen LogP contribution in [0.3, 0.4) is 0 Å². The van der Waals surface area contributed by atoms with Crippen molar-refractivity contribution in [3.63, 3.8) is 0 Å². The first kappa shape index (κ1) is 13.8. The summed E-state index contributed by atoms with van der Waals surface area (Å²) >= 11 is 0. The number of carbonyl (C=O) groups is 2. The summed E-state index contributed by atoms with van der Waals surface area (Å²) in [5.41, 5.74) is 0. The third-order valence-electron chi connectivity index (χ3n) is 4.22. The summed E-state index contributed by atoms with van der Waals surface area (Å²) in [5, 5.41) is 5.91. The van der Waals surface area contributed by atoms with Gasteiger partial charge >= 0.3 is 0 Å². The third kappa shape index (κ3) is 3.70. The highest BCUT2D eigenvalue weighted by molar-refractivity contribution is 5.92. The van der Waals surface area contributed by atoms with Gasteiger partial charge in [-0.15, -0.1) is 0 Å². The minimum atomic E-state index is -0.0987. The van der Waals surface area contributed by atoms with Crippen LogP contribution in [0.15, 0.2) is 0 Å². The Morgan fingerprint density at radius 1 is 1.10 bits per heavy atom. The first-order chi connectivity index (χ1) is 9.74. The molecule has 0 radical (unpaired) electrons. The molecular formula is C14H23N3O3. The fourth-order valence-corrected chi connectivity index (χ4v) is 2.60. The Labute approximate surface area is 119 Å². The van der Waals surface area contributed by atoms with Crippen LogP contribution in [0.4, 0.5) is 0 Å². The molecule has 2 aliphatic carbocycles.